The van der Waals surface area contributed by atoms with E-state index < -0.39 is 0 Å². The van der Waals surface area contributed by atoms with E-state index in [1.165, 1.54) is 52.8 Å². The van der Waals surface area contributed by atoms with Crippen LogP contribution >= 0.6 is 11.3 Å². The average molecular weight is 412 g/mol. The van der Waals surface area contributed by atoms with E-state index in [-0.39, 0.29) is 23.8 Å². The molecule has 29 heavy (non-hydrogen) atoms. The van der Waals surface area contributed by atoms with E-state index in [0.29, 0.717) is 22.3 Å². The van der Waals surface area contributed by atoms with Gasteiger partial charge in [0.2, 0.25) is 5.91 Å². The smallest absolute Gasteiger partial charge is 0.263 e. The number of halogens is 1. The zero-order valence-electron chi connectivity index (χ0n) is 16.0. The maximum atomic E-state index is 13.2. The van der Waals surface area contributed by atoms with Gasteiger partial charge in [0.25, 0.3) is 5.56 Å². The van der Waals surface area contributed by atoms with Crippen LogP contribution in [0.5, 0.6) is 0 Å². The molecule has 1 aliphatic carbocycles. The minimum absolute atomic E-state index is 0.0699. The first-order valence-corrected chi connectivity index (χ1v) is 10.7. The van der Waals surface area contributed by atoms with Crippen molar-refractivity contribution >= 4 is 27.5 Å². The molecule has 0 spiro atoms. The highest BCUT2D eigenvalue weighted by atomic mass is 32.1. The van der Waals surface area contributed by atoms with Crippen LogP contribution < -0.4 is 10.9 Å². The molecule has 0 unspecified atom stereocenters. The van der Waals surface area contributed by atoms with Gasteiger partial charge in [0.15, 0.2) is 0 Å². The minimum Gasteiger partial charge on any atom is -0.354 e. The van der Waals surface area contributed by atoms with Crippen molar-refractivity contribution in [2.45, 2.75) is 38.6 Å². The lowest BCUT2D eigenvalue weighted by atomic mass is 9.97. The Bertz CT molecular complexity index is 1120. The number of fused-ring (bicyclic) bond motifs is 1. The molecule has 0 radical (unpaired) electrons. The Hall–Kier alpha value is -2.80. The summed E-state index contributed by atoms with van der Waals surface area (Å²) in [7, 11) is 0. The Labute approximate surface area is 171 Å². The molecule has 5 nitrogen and oxygen atoms in total. The molecule has 2 heterocycles. The summed E-state index contributed by atoms with van der Waals surface area (Å²) in [6.45, 7) is 0.508. The highest BCUT2D eigenvalue weighted by Crippen LogP contribution is 2.30. The van der Waals surface area contributed by atoms with Crippen molar-refractivity contribution < 1.29 is 9.18 Å². The van der Waals surface area contributed by atoms with E-state index in [9.17, 15) is 14.0 Å². The summed E-state index contributed by atoms with van der Waals surface area (Å²) in [5, 5.41) is 5.20. The summed E-state index contributed by atoms with van der Waals surface area (Å²) in [4.78, 5) is 30.2. The van der Waals surface area contributed by atoms with Crippen molar-refractivity contribution in [2.75, 3.05) is 6.54 Å². The summed E-state index contributed by atoms with van der Waals surface area (Å²) in [6.07, 6.45) is 9.25. The molecule has 1 aliphatic rings. The van der Waals surface area contributed by atoms with Crippen LogP contribution in [-0.2, 0) is 11.3 Å². The number of nitrogens with one attached hydrogen (secondary N) is 1. The van der Waals surface area contributed by atoms with Crippen molar-refractivity contribution in [3.63, 3.8) is 0 Å². The standard InChI is InChI=1S/C22H22FN3O2S/c23-17-8-6-16(7-9-17)18-13-29-21-20(18)22(28)26(14-25-21)12-19(27)24-11-10-15-4-2-1-3-5-15/h4,6-9,13-14H,1-3,5,10-12H2,(H,24,27). The predicted octanol–water partition coefficient (Wildman–Crippen LogP) is 4.27. The summed E-state index contributed by atoms with van der Waals surface area (Å²) in [5.74, 6) is -0.535. The van der Waals surface area contributed by atoms with E-state index in [1.807, 2.05) is 5.38 Å². The SMILES string of the molecule is O=C(Cn1cnc2scc(-c3ccc(F)cc3)c2c1=O)NCCC1=CCCCC1. The van der Waals surface area contributed by atoms with Gasteiger partial charge in [-0.05, 0) is 49.8 Å². The monoisotopic (exact) mass is 411 g/mol. The number of carbonyl (C=O) groups is 1. The van der Waals surface area contributed by atoms with Crippen LogP contribution in [0.25, 0.3) is 21.3 Å². The summed E-state index contributed by atoms with van der Waals surface area (Å²) in [5.41, 5.74) is 2.60. The Morgan fingerprint density at radius 3 is 2.83 bits per heavy atom. The maximum Gasteiger partial charge on any atom is 0.263 e. The van der Waals surface area contributed by atoms with Crippen molar-refractivity contribution in [2.24, 2.45) is 0 Å². The van der Waals surface area contributed by atoms with Crippen LogP contribution in [0.3, 0.4) is 0 Å². The van der Waals surface area contributed by atoms with E-state index in [4.69, 9.17) is 0 Å². The number of thiophene rings is 1. The molecule has 0 bridgehead atoms. The molecule has 7 heteroatoms. The number of rotatable bonds is 6. The van der Waals surface area contributed by atoms with E-state index >= 15 is 0 Å². The first-order valence-electron chi connectivity index (χ1n) is 9.79. The van der Waals surface area contributed by atoms with Gasteiger partial charge in [-0.25, -0.2) is 9.37 Å². The maximum absolute atomic E-state index is 13.2. The molecule has 4 rings (SSSR count). The molecule has 0 saturated heterocycles. The van der Waals surface area contributed by atoms with Gasteiger partial charge in [0, 0.05) is 17.5 Å². The number of benzene rings is 1. The third-order valence-electron chi connectivity index (χ3n) is 5.18. The van der Waals surface area contributed by atoms with Crippen LogP contribution in [0.4, 0.5) is 4.39 Å². The van der Waals surface area contributed by atoms with Gasteiger partial charge in [-0.2, -0.15) is 0 Å². The van der Waals surface area contributed by atoms with Crippen molar-refractivity contribution in [1.82, 2.24) is 14.9 Å². The number of hydrogen-bond acceptors (Lipinski definition) is 4. The highest BCUT2D eigenvalue weighted by molar-refractivity contribution is 7.17. The average Bonchev–Trinajstić information content (AvgIpc) is 3.16. The molecule has 2 aromatic heterocycles. The Kier molecular flexibility index (Phi) is 5.85. The molecule has 1 N–H and O–H groups in total. The fraction of sp³-hybridized carbons (Fsp3) is 0.318. The van der Waals surface area contributed by atoms with Crippen molar-refractivity contribution in [3.05, 3.63) is 63.8 Å². The third kappa shape index (κ3) is 4.45. The Morgan fingerprint density at radius 1 is 1.24 bits per heavy atom. The van der Waals surface area contributed by atoms with Gasteiger partial charge in [-0.1, -0.05) is 23.8 Å². The highest BCUT2D eigenvalue weighted by Gasteiger charge is 2.15. The zero-order chi connectivity index (χ0) is 20.2. The second kappa shape index (κ2) is 8.69. The van der Waals surface area contributed by atoms with E-state index in [0.717, 1.165) is 24.8 Å². The molecule has 1 amide bonds. The van der Waals surface area contributed by atoms with Crippen LogP contribution in [-0.4, -0.2) is 22.0 Å². The predicted molar refractivity (Wildman–Crippen MR) is 113 cm³/mol. The van der Waals surface area contributed by atoms with Gasteiger partial charge < -0.3 is 5.32 Å². The number of allylic oxidation sites excluding steroid dienone is 1. The fourth-order valence-corrected chi connectivity index (χ4v) is 4.53. The van der Waals surface area contributed by atoms with Crippen molar-refractivity contribution in [1.29, 1.82) is 0 Å². The quantitative estimate of drug-likeness (QED) is 0.616. The minimum atomic E-state index is -0.329. The van der Waals surface area contributed by atoms with Crippen LogP contribution in [0.15, 0.2) is 52.4 Å². The summed E-state index contributed by atoms with van der Waals surface area (Å²) < 4.78 is 14.6. The van der Waals surface area contributed by atoms with Gasteiger partial charge in [0.1, 0.15) is 17.2 Å². The van der Waals surface area contributed by atoms with E-state index in [1.54, 1.807) is 12.1 Å². The molecule has 0 fully saturated rings. The van der Waals surface area contributed by atoms with Gasteiger partial charge in [0.05, 0.1) is 11.7 Å². The fourth-order valence-electron chi connectivity index (χ4n) is 3.63. The number of hydrogen-bond donors (Lipinski definition) is 1. The largest absolute Gasteiger partial charge is 0.354 e. The Morgan fingerprint density at radius 2 is 2.07 bits per heavy atom. The van der Waals surface area contributed by atoms with Gasteiger partial charge in [-0.3, -0.25) is 14.2 Å². The normalized spacial score (nSPS) is 14.0. The number of aromatic nitrogens is 2. The van der Waals surface area contributed by atoms with E-state index in [2.05, 4.69) is 16.4 Å². The Balaban J connectivity index is 1.49. The van der Waals surface area contributed by atoms with Gasteiger partial charge >= 0.3 is 0 Å². The molecule has 3 aromatic rings. The topological polar surface area (TPSA) is 64.0 Å². The summed E-state index contributed by atoms with van der Waals surface area (Å²) >= 11 is 1.36. The van der Waals surface area contributed by atoms with Crippen LogP contribution in [0.2, 0.25) is 0 Å². The molecule has 1 aromatic carbocycles. The number of carbonyl (C=O) groups excluding carboxylic acids is 1. The molecule has 0 atom stereocenters. The number of amides is 1. The lowest BCUT2D eigenvalue weighted by molar-refractivity contribution is -0.121. The summed E-state index contributed by atoms with van der Waals surface area (Å²) in [6, 6.07) is 6.01. The van der Waals surface area contributed by atoms with Crippen molar-refractivity contribution in [3.8, 4) is 11.1 Å². The second-order valence-corrected chi connectivity index (χ2v) is 8.08. The first-order chi connectivity index (χ1) is 14.1. The molecule has 0 aliphatic heterocycles. The molecule has 0 saturated carbocycles. The van der Waals surface area contributed by atoms with Crippen LogP contribution in [0, 0.1) is 5.82 Å². The molecule has 150 valence electrons. The zero-order valence-corrected chi connectivity index (χ0v) is 16.8. The lowest BCUT2D eigenvalue weighted by Crippen LogP contribution is -2.33. The number of nitrogens with zero attached hydrogens (tertiary/aromatic N) is 2. The third-order valence-corrected chi connectivity index (χ3v) is 6.07. The first kappa shape index (κ1) is 19.5. The second-order valence-electron chi connectivity index (χ2n) is 7.22. The van der Waals surface area contributed by atoms with Gasteiger partial charge in [-0.15, -0.1) is 11.3 Å². The molecular weight excluding hydrogens is 389 g/mol. The lowest BCUT2D eigenvalue weighted by Gasteiger charge is -2.13. The molecular formula is C22H22FN3O2S. The van der Waals surface area contributed by atoms with Crippen LogP contribution in [0.1, 0.15) is 32.1 Å².